The minimum atomic E-state index is 0.231. The van der Waals surface area contributed by atoms with Crippen molar-refractivity contribution in [2.24, 2.45) is 5.92 Å². The van der Waals surface area contributed by atoms with Gasteiger partial charge in [0.15, 0.2) is 0 Å². The van der Waals surface area contributed by atoms with Gasteiger partial charge in [0.2, 0.25) is 0 Å². The van der Waals surface area contributed by atoms with Crippen LogP contribution in [0.2, 0.25) is 0 Å². The monoisotopic (exact) mass is 122 g/mol. The molecular formula is C7H8NO. The van der Waals surface area contributed by atoms with Crippen LogP contribution in [-0.4, -0.2) is 12.6 Å². The van der Waals surface area contributed by atoms with E-state index in [-0.39, 0.29) is 6.10 Å². The van der Waals surface area contributed by atoms with Crippen molar-refractivity contribution < 1.29 is 4.84 Å². The fourth-order valence-corrected chi connectivity index (χ4v) is 1.10. The summed E-state index contributed by atoms with van der Waals surface area (Å²) >= 11 is 0. The number of fused-ring (bicyclic) bond motifs is 1. The molecule has 0 amide bonds. The molecule has 2 atom stereocenters. The van der Waals surface area contributed by atoms with Crippen molar-refractivity contribution in [2.75, 3.05) is 6.54 Å². The molecule has 9 heavy (non-hydrogen) atoms. The summed E-state index contributed by atoms with van der Waals surface area (Å²) in [6.45, 7) is 0.894. The van der Waals surface area contributed by atoms with Gasteiger partial charge in [0, 0.05) is 12.5 Å². The Labute approximate surface area is 54.2 Å². The molecular weight excluding hydrogens is 114 g/mol. The lowest BCUT2D eigenvalue weighted by Crippen LogP contribution is -2.14. The van der Waals surface area contributed by atoms with E-state index in [1.165, 1.54) is 0 Å². The smallest absolute Gasteiger partial charge is 0.106 e. The lowest BCUT2D eigenvalue weighted by atomic mass is 9.99. The van der Waals surface area contributed by atoms with Crippen molar-refractivity contribution in [3.63, 3.8) is 0 Å². The Morgan fingerprint density at radius 3 is 3.56 bits per heavy atom. The SMILES string of the molecule is [C]1=CC=CC2ONCC12. The van der Waals surface area contributed by atoms with Crippen LogP contribution >= 0.6 is 0 Å². The first-order valence-electron chi connectivity index (χ1n) is 3.11. The molecule has 0 bridgehead atoms. The van der Waals surface area contributed by atoms with Gasteiger partial charge in [0.05, 0.1) is 0 Å². The first-order valence-corrected chi connectivity index (χ1v) is 3.11. The average Bonchev–Trinajstić information content (AvgIpc) is 2.33. The van der Waals surface area contributed by atoms with Gasteiger partial charge < -0.3 is 0 Å². The molecule has 2 aliphatic rings. The number of hydrogen-bond acceptors (Lipinski definition) is 2. The van der Waals surface area contributed by atoms with Crippen LogP contribution in [0.3, 0.4) is 0 Å². The summed E-state index contributed by atoms with van der Waals surface area (Å²) in [6, 6.07) is 0. The van der Waals surface area contributed by atoms with E-state index in [1.54, 1.807) is 0 Å². The Kier molecular flexibility index (Phi) is 1.14. The second-order valence-electron chi connectivity index (χ2n) is 2.26. The molecule has 1 aliphatic carbocycles. The highest BCUT2D eigenvalue weighted by Crippen LogP contribution is 2.17. The maximum atomic E-state index is 5.14. The van der Waals surface area contributed by atoms with E-state index in [0.717, 1.165) is 6.54 Å². The fraction of sp³-hybridized carbons (Fsp3) is 0.429. The van der Waals surface area contributed by atoms with Gasteiger partial charge in [-0.05, 0) is 6.08 Å². The summed E-state index contributed by atoms with van der Waals surface area (Å²) in [4.78, 5) is 5.14. The van der Waals surface area contributed by atoms with Gasteiger partial charge in [-0.25, -0.2) is 5.48 Å². The molecule has 0 aromatic rings. The van der Waals surface area contributed by atoms with E-state index >= 15 is 0 Å². The summed E-state index contributed by atoms with van der Waals surface area (Å²) in [5.74, 6) is 0.440. The third kappa shape index (κ3) is 0.802. The molecule has 1 aliphatic heterocycles. The van der Waals surface area contributed by atoms with E-state index in [2.05, 4.69) is 11.6 Å². The van der Waals surface area contributed by atoms with E-state index in [4.69, 9.17) is 4.84 Å². The van der Waals surface area contributed by atoms with Gasteiger partial charge in [-0.3, -0.25) is 4.84 Å². The van der Waals surface area contributed by atoms with Crippen molar-refractivity contribution in [3.8, 4) is 0 Å². The molecule has 1 radical (unpaired) electrons. The number of allylic oxidation sites excluding steroid dienone is 2. The Bertz CT molecular complexity index is 144. The van der Waals surface area contributed by atoms with Gasteiger partial charge in [-0.2, -0.15) is 0 Å². The molecule has 2 nitrogen and oxygen atoms in total. The molecule has 1 heterocycles. The first kappa shape index (κ1) is 5.21. The minimum Gasteiger partial charge on any atom is -0.294 e. The van der Waals surface area contributed by atoms with Crippen molar-refractivity contribution in [1.82, 2.24) is 5.48 Å². The lowest BCUT2D eigenvalue weighted by molar-refractivity contribution is 0.0546. The van der Waals surface area contributed by atoms with Crippen LogP contribution in [0, 0.1) is 12.0 Å². The molecule has 1 saturated heterocycles. The molecule has 0 spiro atoms. The Hall–Kier alpha value is -0.600. The molecule has 0 saturated carbocycles. The van der Waals surface area contributed by atoms with Crippen molar-refractivity contribution >= 4 is 0 Å². The highest BCUT2D eigenvalue weighted by atomic mass is 16.7. The number of rotatable bonds is 0. The quantitative estimate of drug-likeness (QED) is 0.503. The zero-order valence-corrected chi connectivity index (χ0v) is 5.00. The topological polar surface area (TPSA) is 21.3 Å². The summed E-state index contributed by atoms with van der Waals surface area (Å²) in [7, 11) is 0. The summed E-state index contributed by atoms with van der Waals surface area (Å²) < 4.78 is 0. The highest BCUT2D eigenvalue weighted by molar-refractivity contribution is 5.13. The third-order valence-corrected chi connectivity index (χ3v) is 1.63. The largest absolute Gasteiger partial charge is 0.294 e. The van der Waals surface area contributed by atoms with Gasteiger partial charge >= 0.3 is 0 Å². The zero-order chi connectivity index (χ0) is 6.10. The number of nitrogens with one attached hydrogen (secondary N) is 1. The van der Waals surface area contributed by atoms with Crippen molar-refractivity contribution in [1.29, 1.82) is 0 Å². The molecule has 1 fully saturated rings. The zero-order valence-electron chi connectivity index (χ0n) is 5.00. The summed E-state index contributed by atoms with van der Waals surface area (Å²) in [6.07, 6.45) is 9.36. The summed E-state index contributed by atoms with van der Waals surface area (Å²) in [5.41, 5.74) is 2.83. The molecule has 2 rings (SSSR count). The fourth-order valence-electron chi connectivity index (χ4n) is 1.10. The van der Waals surface area contributed by atoms with E-state index in [1.807, 2.05) is 18.2 Å². The van der Waals surface area contributed by atoms with E-state index < -0.39 is 0 Å². The minimum absolute atomic E-state index is 0.231. The van der Waals surface area contributed by atoms with Crippen LogP contribution in [0.1, 0.15) is 0 Å². The van der Waals surface area contributed by atoms with Crippen molar-refractivity contribution in [3.05, 3.63) is 24.3 Å². The molecule has 1 N–H and O–H groups in total. The Morgan fingerprint density at radius 2 is 2.67 bits per heavy atom. The first-order chi connectivity index (χ1) is 4.47. The Balaban J connectivity index is 2.18. The number of hydroxylamine groups is 1. The van der Waals surface area contributed by atoms with Crippen LogP contribution in [0.25, 0.3) is 0 Å². The van der Waals surface area contributed by atoms with Gasteiger partial charge in [0.25, 0.3) is 0 Å². The molecule has 0 aromatic carbocycles. The molecule has 2 heteroatoms. The molecule has 0 aromatic heterocycles. The van der Waals surface area contributed by atoms with Gasteiger partial charge in [0.1, 0.15) is 6.10 Å². The lowest BCUT2D eigenvalue weighted by Gasteiger charge is -2.09. The average molecular weight is 122 g/mol. The summed E-state index contributed by atoms with van der Waals surface area (Å²) in [5, 5.41) is 0. The van der Waals surface area contributed by atoms with E-state index in [9.17, 15) is 0 Å². The Morgan fingerprint density at radius 1 is 1.67 bits per heavy atom. The highest BCUT2D eigenvalue weighted by Gasteiger charge is 2.25. The van der Waals surface area contributed by atoms with Crippen LogP contribution in [0.15, 0.2) is 18.2 Å². The maximum absolute atomic E-state index is 5.14. The van der Waals surface area contributed by atoms with Gasteiger partial charge in [-0.1, -0.05) is 18.2 Å². The normalized spacial score (nSPS) is 39.1. The van der Waals surface area contributed by atoms with Gasteiger partial charge in [-0.15, -0.1) is 0 Å². The van der Waals surface area contributed by atoms with Crippen LogP contribution in [0.5, 0.6) is 0 Å². The predicted molar refractivity (Wildman–Crippen MR) is 33.3 cm³/mol. The van der Waals surface area contributed by atoms with Crippen LogP contribution in [-0.2, 0) is 4.84 Å². The second kappa shape index (κ2) is 1.97. The van der Waals surface area contributed by atoms with Crippen LogP contribution in [0.4, 0.5) is 0 Å². The standard InChI is InChI=1S/C7H8NO/c1-2-4-7-6(3-1)5-8-9-7/h1-2,4,6-8H,5H2. The predicted octanol–water partition coefficient (Wildman–Crippen LogP) is 0.435. The third-order valence-electron chi connectivity index (χ3n) is 1.63. The number of hydrogen-bond donors (Lipinski definition) is 1. The van der Waals surface area contributed by atoms with Crippen molar-refractivity contribution in [2.45, 2.75) is 6.10 Å². The second-order valence-corrected chi connectivity index (χ2v) is 2.26. The van der Waals surface area contributed by atoms with Crippen LogP contribution < -0.4 is 5.48 Å². The molecule has 47 valence electrons. The molecule has 2 unspecified atom stereocenters. The van der Waals surface area contributed by atoms with E-state index in [0.29, 0.717) is 5.92 Å². The maximum Gasteiger partial charge on any atom is 0.106 e.